The molecule has 0 amide bonds. The lowest BCUT2D eigenvalue weighted by Crippen LogP contribution is -2.50. The molecule has 0 saturated heterocycles. The minimum atomic E-state index is 0.0389. The molecule has 0 aliphatic rings. The van der Waals surface area contributed by atoms with E-state index in [2.05, 4.69) is 40.1 Å². The Morgan fingerprint density at radius 3 is 2.06 bits per heavy atom. The molecule has 0 fully saturated rings. The van der Waals surface area contributed by atoms with Crippen molar-refractivity contribution in [3.63, 3.8) is 0 Å². The minimum absolute atomic E-state index is 0.0389. The molecule has 0 heterocycles. The predicted molar refractivity (Wildman–Crippen MR) is 71.9 cm³/mol. The van der Waals surface area contributed by atoms with Crippen LogP contribution in [0.2, 0.25) is 0 Å². The highest BCUT2D eigenvalue weighted by Gasteiger charge is 2.34. The van der Waals surface area contributed by atoms with Crippen molar-refractivity contribution in [2.24, 2.45) is 0 Å². The molecule has 0 aromatic heterocycles. The molecular weight excluding hydrogens is 198 g/mol. The molecule has 1 atom stereocenters. The van der Waals surface area contributed by atoms with Gasteiger partial charge in [0.25, 0.3) is 0 Å². The fourth-order valence-electron chi connectivity index (χ4n) is 2.60. The van der Waals surface area contributed by atoms with Crippen LogP contribution in [0.5, 0.6) is 0 Å². The van der Waals surface area contributed by atoms with Gasteiger partial charge in [0, 0.05) is 12.6 Å². The van der Waals surface area contributed by atoms with Crippen molar-refractivity contribution in [3.05, 3.63) is 0 Å². The highest BCUT2D eigenvalue weighted by molar-refractivity contribution is 4.90. The zero-order valence-electron chi connectivity index (χ0n) is 11.9. The van der Waals surface area contributed by atoms with E-state index in [-0.39, 0.29) is 5.60 Å². The Morgan fingerprint density at radius 1 is 1.06 bits per heavy atom. The van der Waals surface area contributed by atoms with Crippen molar-refractivity contribution in [1.82, 2.24) is 5.32 Å². The molecule has 1 N–H and O–H groups in total. The first kappa shape index (κ1) is 15.9. The van der Waals surface area contributed by atoms with Crippen LogP contribution in [0, 0.1) is 0 Å². The summed E-state index contributed by atoms with van der Waals surface area (Å²) in [5.74, 6) is 0. The lowest BCUT2D eigenvalue weighted by molar-refractivity contribution is -0.0726. The molecule has 0 aliphatic heterocycles. The Labute approximate surface area is 102 Å². The largest absolute Gasteiger partial charge is 0.374 e. The van der Waals surface area contributed by atoms with Crippen molar-refractivity contribution in [2.75, 3.05) is 13.7 Å². The summed E-state index contributed by atoms with van der Waals surface area (Å²) < 4.78 is 6.05. The van der Waals surface area contributed by atoms with Crippen LogP contribution in [-0.4, -0.2) is 25.3 Å². The van der Waals surface area contributed by atoms with Gasteiger partial charge in [0.05, 0.1) is 5.60 Å². The van der Waals surface area contributed by atoms with Gasteiger partial charge in [-0.25, -0.2) is 0 Å². The van der Waals surface area contributed by atoms with E-state index in [1.165, 1.54) is 25.7 Å². The van der Waals surface area contributed by atoms with E-state index in [1.54, 1.807) is 0 Å². The normalized spacial score (nSPS) is 14.1. The Hall–Kier alpha value is -0.0800. The van der Waals surface area contributed by atoms with Crippen LogP contribution in [0.25, 0.3) is 0 Å². The zero-order valence-corrected chi connectivity index (χ0v) is 11.9. The Morgan fingerprint density at radius 2 is 1.69 bits per heavy atom. The van der Waals surface area contributed by atoms with Gasteiger partial charge in [-0.15, -0.1) is 0 Å². The van der Waals surface area contributed by atoms with Gasteiger partial charge in [0.1, 0.15) is 0 Å². The molecule has 0 radical (unpaired) electrons. The molecule has 0 aromatic carbocycles. The molecule has 98 valence electrons. The Balaban J connectivity index is 4.43. The number of rotatable bonds is 10. The summed E-state index contributed by atoms with van der Waals surface area (Å²) in [4.78, 5) is 0. The summed E-state index contributed by atoms with van der Waals surface area (Å²) in [6.45, 7) is 9.64. The van der Waals surface area contributed by atoms with Gasteiger partial charge in [-0.3, -0.25) is 0 Å². The van der Waals surface area contributed by atoms with E-state index < -0.39 is 0 Å². The summed E-state index contributed by atoms with van der Waals surface area (Å²) in [6, 6.07) is 0.494. The number of hydrogen-bond acceptors (Lipinski definition) is 2. The first-order chi connectivity index (χ1) is 7.70. The van der Waals surface area contributed by atoms with Crippen molar-refractivity contribution >= 4 is 0 Å². The zero-order chi connectivity index (χ0) is 12.4. The van der Waals surface area contributed by atoms with Gasteiger partial charge in [-0.05, 0) is 33.2 Å². The summed E-state index contributed by atoms with van der Waals surface area (Å²) in [5, 5.41) is 3.46. The number of nitrogens with one attached hydrogen (secondary N) is 1. The third-order valence-corrected chi connectivity index (χ3v) is 3.71. The second-order valence-electron chi connectivity index (χ2n) is 4.54. The Bertz CT molecular complexity index is 155. The standard InChI is InChI=1S/C14H31NO/c1-6-10-11-12-13(15-5)14(7-2,8-3)16-9-4/h13,15H,6-12H2,1-5H3. The average Bonchev–Trinajstić information content (AvgIpc) is 2.32. The SMILES string of the molecule is CCCCCC(NC)C(CC)(CC)OCC. The van der Waals surface area contributed by atoms with Crippen molar-refractivity contribution < 1.29 is 4.74 Å². The van der Waals surface area contributed by atoms with Gasteiger partial charge >= 0.3 is 0 Å². The van der Waals surface area contributed by atoms with E-state index >= 15 is 0 Å². The summed E-state index contributed by atoms with van der Waals surface area (Å²) in [5.41, 5.74) is 0.0389. The van der Waals surface area contributed by atoms with Crippen molar-refractivity contribution in [1.29, 1.82) is 0 Å². The molecule has 16 heavy (non-hydrogen) atoms. The van der Waals surface area contributed by atoms with Gasteiger partial charge < -0.3 is 10.1 Å². The molecule has 0 bridgehead atoms. The van der Waals surface area contributed by atoms with Crippen LogP contribution in [-0.2, 0) is 4.74 Å². The summed E-state index contributed by atoms with van der Waals surface area (Å²) in [6.07, 6.45) is 7.33. The van der Waals surface area contributed by atoms with Crippen LogP contribution in [0.15, 0.2) is 0 Å². The van der Waals surface area contributed by atoms with Crippen molar-refractivity contribution in [2.45, 2.75) is 77.9 Å². The number of unbranched alkanes of at least 4 members (excludes halogenated alkanes) is 2. The van der Waals surface area contributed by atoms with Gasteiger partial charge in [0.15, 0.2) is 0 Å². The van der Waals surface area contributed by atoms with Crippen LogP contribution in [0.4, 0.5) is 0 Å². The topological polar surface area (TPSA) is 21.3 Å². The number of hydrogen-bond donors (Lipinski definition) is 1. The highest BCUT2D eigenvalue weighted by Crippen LogP contribution is 2.28. The maximum absolute atomic E-state index is 6.05. The Kier molecular flexibility index (Phi) is 8.96. The van der Waals surface area contributed by atoms with E-state index in [9.17, 15) is 0 Å². The molecule has 0 aromatic rings. The second-order valence-corrected chi connectivity index (χ2v) is 4.54. The van der Waals surface area contributed by atoms with Crippen LogP contribution < -0.4 is 5.32 Å². The smallest absolute Gasteiger partial charge is 0.0829 e. The lowest BCUT2D eigenvalue weighted by atomic mass is 9.85. The maximum Gasteiger partial charge on any atom is 0.0829 e. The third kappa shape index (κ3) is 4.42. The maximum atomic E-state index is 6.05. The molecule has 0 spiro atoms. The molecule has 2 heteroatoms. The van der Waals surface area contributed by atoms with E-state index in [1.807, 2.05) is 0 Å². The van der Waals surface area contributed by atoms with E-state index in [0.29, 0.717) is 6.04 Å². The van der Waals surface area contributed by atoms with Gasteiger partial charge in [-0.1, -0.05) is 40.0 Å². The van der Waals surface area contributed by atoms with Gasteiger partial charge in [0.2, 0.25) is 0 Å². The average molecular weight is 229 g/mol. The summed E-state index contributed by atoms with van der Waals surface area (Å²) >= 11 is 0. The molecule has 0 aliphatic carbocycles. The van der Waals surface area contributed by atoms with E-state index in [4.69, 9.17) is 4.74 Å². The molecule has 1 unspecified atom stereocenters. The fourth-order valence-corrected chi connectivity index (χ4v) is 2.60. The number of likely N-dealkylation sites (N-methyl/N-ethyl adjacent to an activating group) is 1. The van der Waals surface area contributed by atoms with Crippen LogP contribution in [0.3, 0.4) is 0 Å². The second kappa shape index (κ2) is 9.00. The number of ether oxygens (including phenoxy) is 1. The van der Waals surface area contributed by atoms with Crippen molar-refractivity contribution in [3.8, 4) is 0 Å². The fraction of sp³-hybridized carbons (Fsp3) is 1.00. The van der Waals surface area contributed by atoms with Gasteiger partial charge in [-0.2, -0.15) is 0 Å². The first-order valence-corrected chi connectivity index (χ1v) is 7.01. The molecular formula is C14H31NO. The third-order valence-electron chi connectivity index (χ3n) is 3.71. The van der Waals surface area contributed by atoms with Crippen LogP contribution >= 0.6 is 0 Å². The highest BCUT2D eigenvalue weighted by atomic mass is 16.5. The molecule has 0 rings (SSSR count). The molecule has 0 saturated carbocycles. The molecule has 2 nitrogen and oxygen atoms in total. The quantitative estimate of drug-likeness (QED) is 0.576. The van der Waals surface area contributed by atoms with Crippen LogP contribution in [0.1, 0.15) is 66.2 Å². The summed E-state index contributed by atoms with van der Waals surface area (Å²) in [7, 11) is 2.07. The monoisotopic (exact) mass is 229 g/mol. The minimum Gasteiger partial charge on any atom is -0.374 e. The first-order valence-electron chi connectivity index (χ1n) is 7.01. The predicted octanol–water partition coefficient (Wildman–Crippen LogP) is 3.75. The lowest BCUT2D eigenvalue weighted by Gasteiger charge is -2.39. The van der Waals surface area contributed by atoms with E-state index in [0.717, 1.165) is 19.4 Å².